The van der Waals surface area contributed by atoms with Crippen LogP contribution in [0.2, 0.25) is 0 Å². The fourth-order valence-corrected chi connectivity index (χ4v) is 3.07. The molecule has 0 aliphatic rings. The number of carboxylic acid groups (broad SMARTS) is 1. The van der Waals surface area contributed by atoms with Crippen LogP contribution in [0.15, 0.2) is 85.1 Å². The van der Waals surface area contributed by atoms with Gasteiger partial charge in [0, 0.05) is 22.8 Å². The summed E-state index contributed by atoms with van der Waals surface area (Å²) in [5, 5.41) is 12.7. The quantitative estimate of drug-likeness (QED) is 0.539. The molecule has 136 valence electrons. The molecule has 1 aromatic heterocycles. The second-order valence-corrected chi connectivity index (χ2v) is 6.30. The van der Waals surface area contributed by atoms with Crippen LogP contribution in [0.5, 0.6) is 0 Å². The number of nitrogens with zero attached hydrogens (tertiary/aromatic N) is 1. The van der Waals surface area contributed by atoms with Crippen molar-refractivity contribution in [2.24, 2.45) is 0 Å². The number of amides is 1. The SMILES string of the molecule is O=C(O)c1cnc2cc(NC(=O)c3ccccc3-c3ccccc3)ccc2c1. The van der Waals surface area contributed by atoms with Crippen LogP contribution in [-0.4, -0.2) is 22.0 Å². The highest BCUT2D eigenvalue weighted by Crippen LogP contribution is 2.25. The maximum atomic E-state index is 12.9. The molecule has 0 spiro atoms. The van der Waals surface area contributed by atoms with Crippen LogP contribution in [-0.2, 0) is 0 Å². The monoisotopic (exact) mass is 368 g/mol. The highest BCUT2D eigenvalue weighted by molar-refractivity contribution is 6.09. The van der Waals surface area contributed by atoms with Crippen molar-refractivity contribution in [3.63, 3.8) is 0 Å². The Morgan fingerprint density at radius 1 is 0.857 bits per heavy atom. The number of carbonyl (C=O) groups excluding carboxylic acids is 1. The molecule has 3 aromatic carbocycles. The molecule has 0 unspecified atom stereocenters. The second-order valence-electron chi connectivity index (χ2n) is 6.30. The summed E-state index contributed by atoms with van der Waals surface area (Å²) < 4.78 is 0. The fourth-order valence-electron chi connectivity index (χ4n) is 3.07. The maximum absolute atomic E-state index is 12.9. The normalized spacial score (nSPS) is 10.6. The fraction of sp³-hybridized carbons (Fsp3) is 0. The van der Waals surface area contributed by atoms with E-state index in [4.69, 9.17) is 5.11 Å². The van der Waals surface area contributed by atoms with Crippen molar-refractivity contribution in [2.75, 3.05) is 5.32 Å². The van der Waals surface area contributed by atoms with E-state index in [1.54, 1.807) is 30.3 Å². The van der Waals surface area contributed by atoms with Gasteiger partial charge in [-0.05, 0) is 35.4 Å². The molecular weight excluding hydrogens is 352 g/mol. The molecule has 0 bridgehead atoms. The molecule has 0 aliphatic heterocycles. The van der Waals surface area contributed by atoms with E-state index < -0.39 is 5.97 Å². The topological polar surface area (TPSA) is 79.3 Å². The summed E-state index contributed by atoms with van der Waals surface area (Å²) >= 11 is 0. The smallest absolute Gasteiger partial charge is 0.337 e. The van der Waals surface area contributed by atoms with E-state index in [-0.39, 0.29) is 11.5 Å². The Kier molecular flexibility index (Phi) is 4.56. The number of fused-ring (bicyclic) bond motifs is 1. The number of anilines is 1. The van der Waals surface area contributed by atoms with E-state index >= 15 is 0 Å². The number of carboxylic acids is 1. The number of pyridine rings is 1. The van der Waals surface area contributed by atoms with Gasteiger partial charge in [0.15, 0.2) is 0 Å². The van der Waals surface area contributed by atoms with E-state index in [0.29, 0.717) is 22.2 Å². The molecule has 0 radical (unpaired) electrons. The van der Waals surface area contributed by atoms with E-state index in [1.807, 2.05) is 48.5 Å². The van der Waals surface area contributed by atoms with Crippen LogP contribution < -0.4 is 5.32 Å². The molecule has 0 saturated heterocycles. The Morgan fingerprint density at radius 3 is 2.39 bits per heavy atom. The van der Waals surface area contributed by atoms with E-state index in [0.717, 1.165) is 11.1 Å². The summed E-state index contributed by atoms with van der Waals surface area (Å²) in [6.45, 7) is 0. The van der Waals surface area contributed by atoms with Crippen molar-refractivity contribution in [1.29, 1.82) is 0 Å². The molecule has 1 amide bonds. The third-order valence-corrected chi connectivity index (χ3v) is 4.45. The Labute approximate surface area is 161 Å². The van der Waals surface area contributed by atoms with Crippen LogP contribution in [0.3, 0.4) is 0 Å². The lowest BCUT2D eigenvalue weighted by Gasteiger charge is -2.11. The molecule has 5 nitrogen and oxygen atoms in total. The first-order valence-corrected chi connectivity index (χ1v) is 8.71. The summed E-state index contributed by atoms with van der Waals surface area (Å²) in [5.74, 6) is -1.25. The number of rotatable bonds is 4. The van der Waals surface area contributed by atoms with Crippen molar-refractivity contribution >= 4 is 28.5 Å². The minimum Gasteiger partial charge on any atom is -0.478 e. The van der Waals surface area contributed by atoms with Gasteiger partial charge in [0.25, 0.3) is 5.91 Å². The maximum Gasteiger partial charge on any atom is 0.337 e. The Hall–Kier alpha value is -3.99. The summed E-state index contributed by atoms with van der Waals surface area (Å²) in [6, 6.07) is 23.9. The second kappa shape index (κ2) is 7.32. The summed E-state index contributed by atoms with van der Waals surface area (Å²) in [4.78, 5) is 28.1. The molecular formula is C23H16N2O3. The van der Waals surface area contributed by atoms with E-state index in [9.17, 15) is 9.59 Å². The molecule has 0 saturated carbocycles. The van der Waals surface area contributed by atoms with Crippen molar-refractivity contribution in [3.05, 3.63) is 96.2 Å². The lowest BCUT2D eigenvalue weighted by molar-refractivity contribution is 0.0696. The lowest BCUT2D eigenvalue weighted by Crippen LogP contribution is -2.13. The first kappa shape index (κ1) is 17.4. The number of benzene rings is 3. The van der Waals surface area contributed by atoms with Crippen molar-refractivity contribution in [1.82, 2.24) is 4.98 Å². The highest BCUT2D eigenvalue weighted by atomic mass is 16.4. The van der Waals surface area contributed by atoms with Gasteiger partial charge in [0.05, 0.1) is 11.1 Å². The predicted octanol–water partition coefficient (Wildman–Crippen LogP) is 4.85. The molecule has 0 atom stereocenters. The van der Waals surface area contributed by atoms with Crippen molar-refractivity contribution in [3.8, 4) is 11.1 Å². The summed E-state index contributed by atoms with van der Waals surface area (Å²) in [7, 11) is 0. The van der Waals surface area contributed by atoms with Gasteiger partial charge in [-0.1, -0.05) is 54.6 Å². The van der Waals surface area contributed by atoms with Crippen LogP contribution in [0.4, 0.5) is 5.69 Å². The highest BCUT2D eigenvalue weighted by Gasteiger charge is 2.13. The Bertz CT molecular complexity index is 1190. The lowest BCUT2D eigenvalue weighted by atomic mass is 9.99. The van der Waals surface area contributed by atoms with Gasteiger partial charge in [0.1, 0.15) is 0 Å². The zero-order chi connectivity index (χ0) is 19.5. The van der Waals surface area contributed by atoms with Crippen LogP contribution in [0, 0.1) is 0 Å². The largest absolute Gasteiger partial charge is 0.478 e. The van der Waals surface area contributed by atoms with Crippen LogP contribution in [0.1, 0.15) is 20.7 Å². The summed E-state index contributed by atoms with van der Waals surface area (Å²) in [5.41, 5.74) is 3.72. The van der Waals surface area contributed by atoms with Gasteiger partial charge in [-0.25, -0.2) is 4.79 Å². The Morgan fingerprint density at radius 2 is 1.61 bits per heavy atom. The first-order chi connectivity index (χ1) is 13.6. The first-order valence-electron chi connectivity index (χ1n) is 8.71. The van der Waals surface area contributed by atoms with Crippen LogP contribution >= 0.6 is 0 Å². The van der Waals surface area contributed by atoms with Gasteiger partial charge >= 0.3 is 5.97 Å². The van der Waals surface area contributed by atoms with Crippen molar-refractivity contribution < 1.29 is 14.7 Å². The van der Waals surface area contributed by atoms with E-state index in [2.05, 4.69) is 10.3 Å². The molecule has 1 heterocycles. The standard InChI is InChI=1S/C23H16N2O3/c26-22(20-9-5-4-8-19(20)15-6-2-1-3-7-15)25-18-11-10-16-12-17(23(27)28)14-24-21(16)13-18/h1-14H,(H,25,26)(H,27,28). The Balaban J connectivity index is 1.64. The van der Waals surface area contributed by atoms with Crippen LogP contribution in [0.25, 0.3) is 22.0 Å². The molecule has 2 N–H and O–H groups in total. The number of aromatic carboxylic acids is 1. The average molecular weight is 368 g/mol. The molecule has 0 aliphatic carbocycles. The van der Waals surface area contributed by atoms with Gasteiger partial charge in [-0.2, -0.15) is 0 Å². The number of hydrogen-bond acceptors (Lipinski definition) is 3. The zero-order valence-corrected chi connectivity index (χ0v) is 14.8. The third kappa shape index (κ3) is 3.46. The van der Waals surface area contributed by atoms with Gasteiger partial charge in [0.2, 0.25) is 0 Å². The van der Waals surface area contributed by atoms with Gasteiger partial charge in [-0.3, -0.25) is 9.78 Å². The zero-order valence-electron chi connectivity index (χ0n) is 14.8. The molecule has 4 rings (SSSR count). The number of hydrogen-bond donors (Lipinski definition) is 2. The van der Waals surface area contributed by atoms with Gasteiger partial charge in [-0.15, -0.1) is 0 Å². The molecule has 28 heavy (non-hydrogen) atoms. The minimum atomic E-state index is -1.02. The molecule has 4 aromatic rings. The minimum absolute atomic E-state index is 0.126. The third-order valence-electron chi connectivity index (χ3n) is 4.45. The van der Waals surface area contributed by atoms with E-state index in [1.165, 1.54) is 6.20 Å². The molecule has 0 fully saturated rings. The van der Waals surface area contributed by atoms with Gasteiger partial charge < -0.3 is 10.4 Å². The molecule has 5 heteroatoms. The number of aromatic nitrogens is 1. The summed E-state index contributed by atoms with van der Waals surface area (Å²) in [6.07, 6.45) is 1.31. The van der Waals surface area contributed by atoms with Crippen molar-refractivity contribution in [2.45, 2.75) is 0 Å². The average Bonchev–Trinajstić information content (AvgIpc) is 2.74. The number of nitrogens with one attached hydrogen (secondary N) is 1. The predicted molar refractivity (Wildman–Crippen MR) is 109 cm³/mol. The number of carbonyl (C=O) groups is 2.